The highest BCUT2D eigenvalue weighted by Crippen LogP contribution is 2.32. The van der Waals surface area contributed by atoms with Crippen molar-refractivity contribution < 1.29 is 0 Å². The summed E-state index contributed by atoms with van der Waals surface area (Å²) >= 11 is 6.15. The second-order valence-electron chi connectivity index (χ2n) is 5.65. The normalized spacial score (nSPS) is 24.1. The number of nitrogens with two attached hydrogens (primary N) is 1. The van der Waals surface area contributed by atoms with Crippen LogP contribution in [0.3, 0.4) is 0 Å². The fraction of sp³-hybridized carbons (Fsp3) is 0.625. The van der Waals surface area contributed by atoms with E-state index in [2.05, 4.69) is 30.9 Å². The Bertz CT molecular complexity index is 407. The summed E-state index contributed by atoms with van der Waals surface area (Å²) in [6.07, 6.45) is 4.87. The minimum atomic E-state index is 0.166. The number of nitrogens with zero attached hydrogens (tertiary/aromatic N) is 1. The Morgan fingerprint density at radius 2 is 2.21 bits per heavy atom. The third kappa shape index (κ3) is 3.50. The van der Waals surface area contributed by atoms with E-state index in [4.69, 9.17) is 17.3 Å². The molecule has 0 amide bonds. The van der Waals surface area contributed by atoms with Gasteiger partial charge in [-0.3, -0.25) is 4.90 Å². The minimum Gasteiger partial charge on any atom is -0.326 e. The Labute approximate surface area is 121 Å². The molecule has 2 N–H and O–H groups in total. The lowest BCUT2D eigenvalue weighted by molar-refractivity contribution is 0.0880. The maximum atomic E-state index is 6.41. The Balaban J connectivity index is 2.29. The molecule has 1 aliphatic heterocycles. The van der Waals surface area contributed by atoms with E-state index >= 15 is 0 Å². The summed E-state index contributed by atoms with van der Waals surface area (Å²) in [4.78, 5) is 2.57. The quantitative estimate of drug-likeness (QED) is 0.903. The molecule has 0 spiro atoms. The molecular formula is C16H25ClN2. The Hall–Kier alpha value is -0.570. The largest absolute Gasteiger partial charge is 0.326 e. The first-order valence-electron chi connectivity index (χ1n) is 7.40. The van der Waals surface area contributed by atoms with Crippen molar-refractivity contribution in [2.45, 2.75) is 57.7 Å². The maximum Gasteiger partial charge on any atom is 0.0502 e. The molecule has 0 radical (unpaired) electrons. The van der Waals surface area contributed by atoms with Crippen molar-refractivity contribution >= 4 is 11.6 Å². The van der Waals surface area contributed by atoms with Crippen molar-refractivity contribution in [1.82, 2.24) is 4.90 Å². The van der Waals surface area contributed by atoms with Crippen LogP contribution in [-0.4, -0.2) is 23.5 Å². The summed E-state index contributed by atoms with van der Waals surface area (Å²) < 4.78 is 0. The second-order valence-corrected chi connectivity index (χ2v) is 6.09. The third-order valence-corrected chi connectivity index (χ3v) is 4.51. The highest BCUT2D eigenvalue weighted by molar-refractivity contribution is 6.30. The smallest absolute Gasteiger partial charge is 0.0502 e. The average molecular weight is 281 g/mol. The molecule has 106 valence electrons. The maximum absolute atomic E-state index is 6.41. The lowest BCUT2D eigenvalue weighted by Crippen LogP contribution is -2.47. The Morgan fingerprint density at radius 1 is 1.42 bits per heavy atom. The zero-order valence-corrected chi connectivity index (χ0v) is 12.7. The van der Waals surface area contributed by atoms with Crippen LogP contribution in [0.15, 0.2) is 24.3 Å². The van der Waals surface area contributed by atoms with Crippen molar-refractivity contribution in [2.24, 2.45) is 5.73 Å². The predicted octanol–water partition coefficient (Wildman–Crippen LogP) is 3.99. The van der Waals surface area contributed by atoms with E-state index in [9.17, 15) is 0 Å². The first-order chi connectivity index (χ1) is 9.13. The molecule has 1 fully saturated rings. The van der Waals surface area contributed by atoms with Crippen LogP contribution in [0.5, 0.6) is 0 Å². The van der Waals surface area contributed by atoms with E-state index in [1.54, 1.807) is 0 Å². The van der Waals surface area contributed by atoms with Gasteiger partial charge in [-0.15, -0.1) is 0 Å². The number of hydrogen-bond acceptors (Lipinski definition) is 2. The van der Waals surface area contributed by atoms with Gasteiger partial charge < -0.3 is 5.73 Å². The summed E-state index contributed by atoms with van der Waals surface area (Å²) in [7, 11) is 0. The first-order valence-corrected chi connectivity index (χ1v) is 7.78. The Morgan fingerprint density at radius 3 is 2.84 bits per heavy atom. The molecule has 2 nitrogen and oxygen atoms in total. The van der Waals surface area contributed by atoms with E-state index in [0.29, 0.717) is 12.1 Å². The molecule has 0 bridgehead atoms. The molecule has 19 heavy (non-hydrogen) atoms. The molecule has 1 saturated heterocycles. The van der Waals surface area contributed by atoms with E-state index in [1.807, 2.05) is 12.1 Å². The van der Waals surface area contributed by atoms with Crippen LogP contribution >= 0.6 is 11.6 Å². The van der Waals surface area contributed by atoms with E-state index in [1.165, 1.54) is 24.8 Å². The zero-order valence-electron chi connectivity index (χ0n) is 12.0. The van der Waals surface area contributed by atoms with Crippen molar-refractivity contribution in [3.8, 4) is 0 Å². The van der Waals surface area contributed by atoms with Crippen molar-refractivity contribution in [2.75, 3.05) is 6.54 Å². The van der Waals surface area contributed by atoms with Crippen LogP contribution < -0.4 is 5.73 Å². The first kappa shape index (κ1) is 14.8. The fourth-order valence-corrected chi connectivity index (χ4v) is 3.33. The minimum absolute atomic E-state index is 0.166. The number of likely N-dealkylation sites (tertiary alicyclic amines) is 1. The lowest BCUT2D eigenvalue weighted by Gasteiger charge is -2.42. The molecule has 1 aromatic carbocycles. The second kappa shape index (κ2) is 6.74. The summed E-state index contributed by atoms with van der Waals surface area (Å²) in [5.41, 5.74) is 7.67. The lowest BCUT2D eigenvalue weighted by atomic mass is 9.92. The fourth-order valence-electron chi connectivity index (χ4n) is 3.13. The monoisotopic (exact) mass is 280 g/mol. The summed E-state index contributed by atoms with van der Waals surface area (Å²) in [5, 5.41) is 0.801. The van der Waals surface area contributed by atoms with Crippen molar-refractivity contribution in [1.29, 1.82) is 0 Å². The summed E-state index contributed by atoms with van der Waals surface area (Å²) in [5.74, 6) is 0. The summed E-state index contributed by atoms with van der Waals surface area (Å²) in [6.45, 7) is 5.63. The van der Waals surface area contributed by atoms with Crippen LogP contribution in [0.1, 0.15) is 51.1 Å². The van der Waals surface area contributed by atoms with E-state index < -0.39 is 0 Å². The van der Waals surface area contributed by atoms with Crippen LogP contribution in [-0.2, 0) is 0 Å². The number of piperidine rings is 1. The topological polar surface area (TPSA) is 29.3 Å². The predicted molar refractivity (Wildman–Crippen MR) is 82.5 cm³/mol. The number of rotatable bonds is 4. The highest BCUT2D eigenvalue weighted by Gasteiger charge is 2.30. The van der Waals surface area contributed by atoms with Gasteiger partial charge >= 0.3 is 0 Å². The molecule has 0 saturated carbocycles. The molecule has 0 aromatic heterocycles. The third-order valence-electron chi connectivity index (χ3n) is 4.28. The van der Waals surface area contributed by atoms with Crippen molar-refractivity contribution in [3.05, 3.63) is 34.9 Å². The van der Waals surface area contributed by atoms with Gasteiger partial charge in [-0.1, -0.05) is 37.1 Å². The van der Waals surface area contributed by atoms with E-state index in [-0.39, 0.29) is 6.04 Å². The van der Waals surface area contributed by atoms with Gasteiger partial charge in [0.05, 0.1) is 6.04 Å². The highest BCUT2D eigenvalue weighted by atomic mass is 35.5. The number of benzene rings is 1. The van der Waals surface area contributed by atoms with Gasteiger partial charge in [0.15, 0.2) is 0 Å². The number of halogens is 1. The molecule has 1 aromatic rings. The van der Waals surface area contributed by atoms with Gasteiger partial charge in [0.25, 0.3) is 0 Å². The molecule has 3 atom stereocenters. The molecular weight excluding hydrogens is 256 g/mol. The van der Waals surface area contributed by atoms with Gasteiger partial charge in [0.1, 0.15) is 0 Å². The van der Waals surface area contributed by atoms with Crippen LogP contribution in [0, 0.1) is 0 Å². The molecule has 1 aliphatic rings. The van der Waals surface area contributed by atoms with Gasteiger partial charge in [-0.2, -0.15) is 0 Å². The van der Waals surface area contributed by atoms with Gasteiger partial charge in [0, 0.05) is 17.1 Å². The average Bonchev–Trinajstić information content (AvgIpc) is 2.41. The standard InChI is InChI=1S/C16H25ClN2/c1-3-15(18)16(13-8-6-9-14(17)11-13)19-10-5-4-7-12(19)2/h6,8-9,11-12,15-16H,3-5,7,10,18H2,1-2H3. The molecule has 1 heterocycles. The van der Waals surface area contributed by atoms with Crippen LogP contribution in [0.4, 0.5) is 0 Å². The zero-order chi connectivity index (χ0) is 13.8. The number of hydrogen-bond donors (Lipinski definition) is 1. The van der Waals surface area contributed by atoms with E-state index in [0.717, 1.165) is 18.0 Å². The SMILES string of the molecule is CCC(N)C(c1cccc(Cl)c1)N1CCCCC1C. The van der Waals surface area contributed by atoms with Gasteiger partial charge in [-0.05, 0) is 50.4 Å². The molecule has 0 aliphatic carbocycles. The van der Waals surface area contributed by atoms with Crippen LogP contribution in [0.2, 0.25) is 5.02 Å². The molecule has 2 rings (SSSR count). The van der Waals surface area contributed by atoms with Gasteiger partial charge in [-0.25, -0.2) is 0 Å². The summed E-state index contributed by atoms with van der Waals surface area (Å²) in [6, 6.07) is 9.26. The Kier molecular flexibility index (Phi) is 5.26. The molecule has 3 unspecified atom stereocenters. The van der Waals surface area contributed by atoms with Crippen LogP contribution in [0.25, 0.3) is 0 Å². The molecule has 3 heteroatoms. The van der Waals surface area contributed by atoms with Crippen molar-refractivity contribution in [3.63, 3.8) is 0 Å². The van der Waals surface area contributed by atoms with Gasteiger partial charge in [0.2, 0.25) is 0 Å².